The second-order valence-corrected chi connectivity index (χ2v) is 4.81. The third-order valence-corrected chi connectivity index (χ3v) is 3.44. The first-order chi connectivity index (χ1) is 8.81. The van der Waals surface area contributed by atoms with Gasteiger partial charge in [-0.25, -0.2) is 4.98 Å². The highest BCUT2D eigenvalue weighted by Gasteiger charge is 2.20. The van der Waals surface area contributed by atoms with Gasteiger partial charge in [0.25, 0.3) is 0 Å². The molecule has 0 bridgehead atoms. The van der Waals surface area contributed by atoms with E-state index < -0.39 is 0 Å². The molecule has 0 unspecified atom stereocenters. The Morgan fingerprint density at radius 2 is 1.95 bits per heavy atom. The number of imidazole rings is 1. The van der Waals surface area contributed by atoms with Gasteiger partial charge < -0.3 is 15.2 Å². The maximum atomic E-state index is 12.0. The monoisotopic (exact) mass is 322 g/mol. The third-order valence-electron chi connectivity index (χ3n) is 3.44. The molecular formula is C13H24Cl2N4O. The number of nitrogens with zero attached hydrogens (tertiary/aromatic N) is 3. The fourth-order valence-corrected chi connectivity index (χ4v) is 2.32. The lowest BCUT2D eigenvalue weighted by Gasteiger charge is -2.27. The average Bonchev–Trinajstić information content (AvgIpc) is 2.85. The normalized spacial score (nSPS) is 13.2. The van der Waals surface area contributed by atoms with Crippen LogP contribution in [0.3, 0.4) is 0 Å². The number of rotatable bonds is 6. The minimum Gasteiger partial charge on any atom is -0.333 e. The standard InChI is InChI=1S/C13H22N4O.2ClH/c14-6-4-2-1-3-5-13(18)17-10-9-16-8-7-15-12(16)11-17;;/h7-8H,1-6,9-11,14H2;2*1H. The Kier molecular flexibility index (Phi) is 9.63. The number of amides is 1. The summed E-state index contributed by atoms with van der Waals surface area (Å²) in [6.07, 6.45) is 8.71. The van der Waals surface area contributed by atoms with Crippen LogP contribution in [0.5, 0.6) is 0 Å². The van der Waals surface area contributed by atoms with E-state index in [2.05, 4.69) is 9.55 Å². The Balaban J connectivity index is 0.00000180. The van der Waals surface area contributed by atoms with Crippen molar-refractivity contribution in [2.45, 2.75) is 45.2 Å². The summed E-state index contributed by atoms with van der Waals surface area (Å²) < 4.78 is 2.12. The molecule has 1 aromatic rings. The van der Waals surface area contributed by atoms with Gasteiger partial charge in [-0.3, -0.25) is 4.79 Å². The van der Waals surface area contributed by atoms with E-state index in [0.29, 0.717) is 13.0 Å². The smallest absolute Gasteiger partial charge is 0.223 e. The zero-order chi connectivity index (χ0) is 12.8. The van der Waals surface area contributed by atoms with Gasteiger partial charge in [-0.1, -0.05) is 12.8 Å². The van der Waals surface area contributed by atoms with Crippen LogP contribution in [0.25, 0.3) is 0 Å². The van der Waals surface area contributed by atoms with E-state index in [4.69, 9.17) is 5.73 Å². The Bertz CT molecular complexity index is 397. The van der Waals surface area contributed by atoms with E-state index >= 15 is 0 Å². The molecule has 116 valence electrons. The van der Waals surface area contributed by atoms with Gasteiger partial charge in [-0.05, 0) is 19.4 Å². The van der Waals surface area contributed by atoms with E-state index in [0.717, 1.165) is 51.1 Å². The Hall–Kier alpha value is -0.780. The first-order valence-corrected chi connectivity index (χ1v) is 6.79. The van der Waals surface area contributed by atoms with Crippen LogP contribution >= 0.6 is 24.8 Å². The highest BCUT2D eigenvalue weighted by molar-refractivity contribution is 5.85. The maximum Gasteiger partial charge on any atom is 0.223 e. The highest BCUT2D eigenvalue weighted by Crippen LogP contribution is 2.13. The summed E-state index contributed by atoms with van der Waals surface area (Å²) in [4.78, 5) is 18.2. The second kappa shape index (κ2) is 10.0. The molecule has 20 heavy (non-hydrogen) atoms. The van der Waals surface area contributed by atoms with Gasteiger partial charge in [0.2, 0.25) is 5.91 Å². The molecule has 0 fully saturated rings. The van der Waals surface area contributed by atoms with Gasteiger partial charge in [0.05, 0.1) is 6.54 Å². The molecule has 0 radical (unpaired) electrons. The number of unbranched alkanes of at least 4 members (excludes halogenated alkanes) is 3. The van der Waals surface area contributed by atoms with E-state index in [1.54, 1.807) is 6.20 Å². The van der Waals surface area contributed by atoms with Crippen molar-refractivity contribution < 1.29 is 4.79 Å². The molecule has 7 heteroatoms. The molecule has 0 saturated heterocycles. The highest BCUT2D eigenvalue weighted by atomic mass is 35.5. The van der Waals surface area contributed by atoms with E-state index in [-0.39, 0.29) is 30.7 Å². The van der Waals surface area contributed by atoms with Crippen molar-refractivity contribution in [3.63, 3.8) is 0 Å². The van der Waals surface area contributed by atoms with Crippen molar-refractivity contribution in [2.24, 2.45) is 5.73 Å². The number of fused-ring (bicyclic) bond motifs is 1. The average molecular weight is 323 g/mol. The van der Waals surface area contributed by atoms with Crippen molar-refractivity contribution in [1.82, 2.24) is 14.5 Å². The maximum absolute atomic E-state index is 12.0. The van der Waals surface area contributed by atoms with Gasteiger partial charge >= 0.3 is 0 Å². The van der Waals surface area contributed by atoms with Crippen molar-refractivity contribution in [3.8, 4) is 0 Å². The number of halogens is 2. The molecule has 0 aromatic carbocycles. The van der Waals surface area contributed by atoms with E-state index in [1.165, 1.54) is 0 Å². The largest absolute Gasteiger partial charge is 0.333 e. The molecule has 1 aromatic heterocycles. The molecule has 0 saturated carbocycles. The lowest BCUT2D eigenvalue weighted by Crippen LogP contribution is -2.38. The van der Waals surface area contributed by atoms with Gasteiger partial charge in [0.15, 0.2) is 0 Å². The lowest BCUT2D eigenvalue weighted by atomic mass is 10.1. The summed E-state index contributed by atoms with van der Waals surface area (Å²) in [5, 5.41) is 0. The predicted molar refractivity (Wildman–Crippen MR) is 84.3 cm³/mol. The van der Waals surface area contributed by atoms with Crippen molar-refractivity contribution >= 4 is 30.7 Å². The zero-order valence-electron chi connectivity index (χ0n) is 11.7. The molecule has 2 N–H and O–H groups in total. The Labute approximate surface area is 132 Å². The molecule has 0 atom stereocenters. The lowest BCUT2D eigenvalue weighted by molar-refractivity contribution is -0.132. The summed E-state index contributed by atoms with van der Waals surface area (Å²) in [5.41, 5.74) is 5.44. The SMILES string of the molecule is Cl.Cl.NCCCCCCC(=O)N1CCn2ccnc2C1. The van der Waals surface area contributed by atoms with Crippen LogP contribution in [0.1, 0.15) is 37.9 Å². The van der Waals surface area contributed by atoms with Crippen LogP contribution in [-0.2, 0) is 17.9 Å². The van der Waals surface area contributed by atoms with Crippen LogP contribution in [0, 0.1) is 0 Å². The quantitative estimate of drug-likeness (QED) is 0.814. The molecular weight excluding hydrogens is 299 g/mol. The number of nitrogens with two attached hydrogens (primary N) is 1. The Morgan fingerprint density at radius 3 is 2.70 bits per heavy atom. The van der Waals surface area contributed by atoms with E-state index in [1.807, 2.05) is 11.1 Å². The predicted octanol–water partition coefficient (Wildman–Crippen LogP) is 1.98. The molecule has 1 aliphatic heterocycles. The molecule has 2 rings (SSSR count). The number of carbonyl (C=O) groups excluding carboxylic acids is 1. The molecule has 5 nitrogen and oxygen atoms in total. The fourth-order valence-electron chi connectivity index (χ4n) is 2.32. The van der Waals surface area contributed by atoms with Gasteiger partial charge in [-0.15, -0.1) is 24.8 Å². The molecule has 1 aliphatic rings. The van der Waals surface area contributed by atoms with Crippen LogP contribution in [0.2, 0.25) is 0 Å². The summed E-state index contributed by atoms with van der Waals surface area (Å²) in [6.45, 7) is 3.09. The second-order valence-electron chi connectivity index (χ2n) is 4.81. The van der Waals surface area contributed by atoms with Crippen LogP contribution in [0.15, 0.2) is 12.4 Å². The van der Waals surface area contributed by atoms with Crippen molar-refractivity contribution in [3.05, 3.63) is 18.2 Å². The van der Waals surface area contributed by atoms with Gasteiger partial charge in [0, 0.05) is 31.9 Å². The summed E-state index contributed by atoms with van der Waals surface area (Å²) in [5.74, 6) is 1.26. The zero-order valence-corrected chi connectivity index (χ0v) is 13.3. The minimum atomic E-state index is 0. The van der Waals surface area contributed by atoms with Crippen LogP contribution < -0.4 is 5.73 Å². The molecule has 0 spiro atoms. The van der Waals surface area contributed by atoms with Crippen molar-refractivity contribution in [1.29, 1.82) is 0 Å². The number of carbonyl (C=O) groups is 1. The molecule has 1 amide bonds. The van der Waals surface area contributed by atoms with Crippen LogP contribution in [0.4, 0.5) is 0 Å². The number of hydrogen-bond donors (Lipinski definition) is 1. The Morgan fingerprint density at radius 1 is 1.20 bits per heavy atom. The summed E-state index contributed by atoms with van der Waals surface area (Å²) in [7, 11) is 0. The third kappa shape index (κ3) is 5.31. The van der Waals surface area contributed by atoms with Gasteiger partial charge in [-0.2, -0.15) is 0 Å². The van der Waals surface area contributed by atoms with E-state index in [9.17, 15) is 4.79 Å². The molecule has 2 heterocycles. The summed E-state index contributed by atoms with van der Waals surface area (Å²) >= 11 is 0. The van der Waals surface area contributed by atoms with Crippen molar-refractivity contribution in [2.75, 3.05) is 13.1 Å². The minimum absolute atomic E-state index is 0. The number of aromatic nitrogens is 2. The molecule has 0 aliphatic carbocycles. The first kappa shape index (κ1) is 19.2. The fraction of sp³-hybridized carbons (Fsp3) is 0.692. The number of hydrogen-bond acceptors (Lipinski definition) is 3. The topological polar surface area (TPSA) is 64.2 Å². The van der Waals surface area contributed by atoms with Crippen LogP contribution in [-0.4, -0.2) is 33.4 Å². The summed E-state index contributed by atoms with van der Waals surface area (Å²) in [6, 6.07) is 0. The van der Waals surface area contributed by atoms with Gasteiger partial charge in [0.1, 0.15) is 5.82 Å². The first-order valence-electron chi connectivity index (χ1n) is 6.79.